The first-order valence-electron chi connectivity index (χ1n) is 10.5. The average molecular weight is 439 g/mol. The quantitative estimate of drug-likeness (QED) is 0.346. The maximum atomic E-state index is 13.1. The maximum absolute atomic E-state index is 13.1. The Morgan fingerprint density at radius 1 is 1.17 bits per heavy atom. The number of rotatable bonds is 13. The fraction of sp³-hybridized carbons (Fsp3) is 0.636. The molecule has 30 heavy (non-hydrogen) atoms. The second-order valence-corrected chi connectivity index (χ2v) is 8.30. The lowest BCUT2D eigenvalue weighted by atomic mass is 10.2. The van der Waals surface area contributed by atoms with Gasteiger partial charge in [0.15, 0.2) is 0 Å². The van der Waals surface area contributed by atoms with Gasteiger partial charge in [0.2, 0.25) is 5.91 Å². The van der Waals surface area contributed by atoms with E-state index in [1.807, 2.05) is 29.2 Å². The molecule has 1 saturated heterocycles. The smallest absolute Gasteiger partial charge is 0.305 e. The van der Waals surface area contributed by atoms with Gasteiger partial charge in [0.25, 0.3) is 0 Å². The zero-order valence-electron chi connectivity index (χ0n) is 18.3. The molecule has 1 fully saturated rings. The molecule has 0 radical (unpaired) electrons. The van der Waals surface area contributed by atoms with E-state index >= 15 is 0 Å². The van der Waals surface area contributed by atoms with Gasteiger partial charge in [0.1, 0.15) is 11.1 Å². The number of methoxy groups -OCH3 is 2. The topological polar surface area (TPSA) is 68.3 Å². The van der Waals surface area contributed by atoms with Crippen molar-refractivity contribution in [2.45, 2.75) is 31.6 Å². The number of esters is 1. The summed E-state index contributed by atoms with van der Waals surface area (Å²) >= 11 is 1.79. The third-order valence-corrected chi connectivity index (χ3v) is 6.22. The highest BCUT2D eigenvalue weighted by atomic mass is 32.2. The van der Waals surface area contributed by atoms with E-state index in [0.29, 0.717) is 39.1 Å². The Morgan fingerprint density at radius 3 is 2.57 bits per heavy atom. The van der Waals surface area contributed by atoms with Crippen LogP contribution >= 0.6 is 11.8 Å². The lowest BCUT2D eigenvalue weighted by Gasteiger charge is -2.28. The predicted octanol–water partition coefficient (Wildman–Crippen LogP) is 2.95. The summed E-state index contributed by atoms with van der Waals surface area (Å²) in [6.45, 7) is 5.39. The molecule has 0 saturated carbocycles. The van der Waals surface area contributed by atoms with Crippen molar-refractivity contribution in [3.05, 3.63) is 29.8 Å². The van der Waals surface area contributed by atoms with Gasteiger partial charge in [0.05, 0.1) is 20.3 Å². The Hall–Kier alpha value is -1.77. The Labute approximate surface area is 184 Å². The van der Waals surface area contributed by atoms with Gasteiger partial charge in [0, 0.05) is 39.0 Å². The number of benzene rings is 1. The molecule has 1 aromatic rings. The first kappa shape index (κ1) is 24.5. The van der Waals surface area contributed by atoms with Crippen molar-refractivity contribution in [3.8, 4) is 5.75 Å². The molecule has 1 amide bonds. The molecule has 1 aliphatic heterocycles. The second-order valence-electron chi connectivity index (χ2n) is 7.11. The molecule has 1 aromatic carbocycles. The highest BCUT2D eigenvalue weighted by Gasteiger charge is 2.31. The van der Waals surface area contributed by atoms with Gasteiger partial charge >= 0.3 is 5.97 Å². The first-order chi connectivity index (χ1) is 14.6. The van der Waals surface area contributed by atoms with E-state index in [-0.39, 0.29) is 17.3 Å². The van der Waals surface area contributed by atoms with E-state index < -0.39 is 0 Å². The number of hydrogen-bond acceptors (Lipinski definition) is 7. The van der Waals surface area contributed by atoms with Crippen molar-refractivity contribution in [1.29, 1.82) is 0 Å². The van der Waals surface area contributed by atoms with Crippen LogP contribution in [-0.4, -0.2) is 81.0 Å². The monoisotopic (exact) mass is 438 g/mol. The summed E-state index contributed by atoms with van der Waals surface area (Å²) in [5, 5.41) is 0.0313. The van der Waals surface area contributed by atoms with E-state index in [1.165, 1.54) is 0 Å². The van der Waals surface area contributed by atoms with Crippen molar-refractivity contribution >= 4 is 23.6 Å². The van der Waals surface area contributed by atoms with Crippen LogP contribution in [0, 0.1) is 0 Å². The van der Waals surface area contributed by atoms with Crippen molar-refractivity contribution in [2.75, 3.05) is 59.4 Å². The molecule has 168 valence electrons. The first-order valence-corrected chi connectivity index (χ1v) is 11.6. The zero-order valence-corrected chi connectivity index (χ0v) is 19.1. The molecule has 8 heteroatoms. The third kappa shape index (κ3) is 7.81. The van der Waals surface area contributed by atoms with E-state index in [0.717, 1.165) is 36.6 Å². The summed E-state index contributed by atoms with van der Waals surface area (Å²) in [4.78, 5) is 28.8. The van der Waals surface area contributed by atoms with Gasteiger partial charge in [-0.15, -0.1) is 11.8 Å². The van der Waals surface area contributed by atoms with Gasteiger partial charge in [-0.3, -0.25) is 14.5 Å². The van der Waals surface area contributed by atoms with E-state index in [1.54, 1.807) is 32.9 Å². The lowest BCUT2D eigenvalue weighted by molar-refractivity contribution is -0.143. The fourth-order valence-electron chi connectivity index (χ4n) is 3.43. The van der Waals surface area contributed by atoms with Crippen LogP contribution in [0.3, 0.4) is 0 Å². The number of hydrogen-bond donors (Lipinski definition) is 0. The summed E-state index contributed by atoms with van der Waals surface area (Å²) in [5.74, 6) is 1.67. The molecule has 0 aromatic heterocycles. The number of carbonyl (C=O) groups is 2. The third-order valence-electron chi connectivity index (χ3n) is 4.95. The van der Waals surface area contributed by atoms with E-state index in [2.05, 4.69) is 4.90 Å². The molecule has 0 bridgehead atoms. The molecular formula is C22H34N2O5S. The molecule has 0 spiro atoms. The van der Waals surface area contributed by atoms with Crippen LogP contribution in [0.5, 0.6) is 5.75 Å². The molecule has 1 heterocycles. The summed E-state index contributed by atoms with van der Waals surface area (Å²) in [6.07, 6.45) is 1.90. The lowest BCUT2D eigenvalue weighted by Crippen LogP contribution is -2.41. The molecule has 2 rings (SSSR count). The van der Waals surface area contributed by atoms with Gasteiger partial charge in [-0.05, 0) is 44.0 Å². The van der Waals surface area contributed by atoms with Crippen LogP contribution in [-0.2, 0) is 19.1 Å². The van der Waals surface area contributed by atoms with Crippen LogP contribution in [0.15, 0.2) is 24.3 Å². The van der Waals surface area contributed by atoms with Crippen LogP contribution in [0.4, 0.5) is 0 Å². The Balaban J connectivity index is 1.94. The maximum Gasteiger partial charge on any atom is 0.305 e. The average Bonchev–Trinajstić information content (AvgIpc) is 3.24. The van der Waals surface area contributed by atoms with Crippen molar-refractivity contribution in [1.82, 2.24) is 9.80 Å². The number of ether oxygens (including phenoxy) is 3. The molecular weight excluding hydrogens is 404 g/mol. The van der Waals surface area contributed by atoms with Crippen LogP contribution < -0.4 is 4.74 Å². The highest BCUT2D eigenvalue weighted by molar-refractivity contribution is 7.99. The Bertz CT molecular complexity index is 655. The zero-order chi connectivity index (χ0) is 21.8. The molecule has 7 nitrogen and oxygen atoms in total. The fourth-order valence-corrected chi connectivity index (χ4v) is 4.71. The highest BCUT2D eigenvalue weighted by Crippen LogP contribution is 2.38. The van der Waals surface area contributed by atoms with E-state index in [9.17, 15) is 9.59 Å². The van der Waals surface area contributed by atoms with E-state index in [4.69, 9.17) is 14.2 Å². The van der Waals surface area contributed by atoms with Crippen molar-refractivity contribution in [3.63, 3.8) is 0 Å². The van der Waals surface area contributed by atoms with Crippen LogP contribution in [0.25, 0.3) is 0 Å². The van der Waals surface area contributed by atoms with Gasteiger partial charge in [-0.25, -0.2) is 0 Å². The molecule has 1 unspecified atom stereocenters. The molecule has 1 atom stereocenters. The largest absolute Gasteiger partial charge is 0.497 e. The molecule has 0 aliphatic carbocycles. The van der Waals surface area contributed by atoms with Crippen molar-refractivity contribution < 1.29 is 23.8 Å². The molecule has 1 aliphatic rings. The number of nitrogens with zero attached hydrogens (tertiary/aromatic N) is 2. The van der Waals surface area contributed by atoms with Crippen LogP contribution in [0.2, 0.25) is 0 Å². The minimum Gasteiger partial charge on any atom is -0.497 e. The minimum atomic E-state index is -0.184. The second kappa shape index (κ2) is 13.5. The van der Waals surface area contributed by atoms with Crippen molar-refractivity contribution in [2.24, 2.45) is 0 Å². The van der Waals surface area contributed by atoms with Gasteiger partial charge in [-0.2, -0.15) is 0 Å². The number of thioether (sulfide) groups is 1. The van der Waals surface area contributed by atoms with Gasteiger partial charge in [-0.1, -0.05) is 12.1 Å². The summed E-state index contributed by atoms with van der Waals surface area (Å²) in [5.41, 5.74) is 1.11. The van der Waals surface area contributed by atoms with Gasteiger partial charge < -0.3 is 19.1 Å². The normalized spacial score (nSPS) is 16.1. The SMILES string of the molecule is CCOC(=O)CCCN(CCCOC)CC(=O)N1CCSC1c1ccc(OC)cc1. The summed E-state index contributed by atoms with van der Waals surface area (Å²) in [7, 11) is 3.33. The summed E-state index contributed by atoms with van der Waals surface area (Å²) in [6, 6.07) is 7.92. The number of carbonyl (C=O) groups excluding carboxylic acids is 2. The minimum absolute atomic E-state index is 0.0313. The standard InChI is InChI=1S/C22H34N2O5S/c1-4-29-21(26)7-5-12-23(13-6-15-27-2)17-20(25)24-14-16-30-22(24)18-8-10-19(28-3)11-9-18/h8-11,22H,4-7,12-17H2,1-3H3. The molecule has 0 N–H and O–H groups in total. The van der Waals surface area contributed by atoms with Crippen LogP contribution in [0.1, 0.15) is 37.1 Å². The predicted molar refractivity (Wildman–Crippen MR) is 119 cm³/mol. The summed E-state index contributed by atoms with van der Waals surface area (Å²) < 4.78 is 15.4. The Kier molecular flexibility index (Phi) is 11.0. The Morgan fingerprint density at radius 2 is 1.90 bits per heavy atom. The number of amides is 1.